The standard InChI is InChI=1S/C18H16ClN3O2/c1-11(23)21-14-3-2-4-15(9-14)22-18(24)7-12-10-20-17-6-5-13(19)8-16(12)17/h2-6,8-10,20H,7H2,1H3,(H,21,23)(H,22,24). The van der Waals surface area contributed by atoms with Crippen molar-refractivity contribution < 1.29 is 9.59 Å². The van der Waals surface area contributed by atoms with Crippen LogP contribution in [-0.4, -0.2) is 16.8 Å². The minimum absolute atomic E-state index is 0.143. The minimum Gasteiger partial charge on any atom is -0.361 e. The zero-order valence-electron chi connectivity index (χ0n) is 13.0. The van der Waals surface area contributed by atoms with Crippen LogP contribution < -0.4 is 10.6 Å². The fraction of sp³-hybridized carbons (Fsp3) is 0.111. The summed E-state index contributed by atoms with van der Waals surface area (Å²) in [6.07, 6.45) is 2.04. The number of benzene rings is 2. The molecule has 2 aromatic carbocycles. The monoisotopic (exact) mass is 341 g/mol. The number of fused-ring (bicyclic) bond motifs is 1. The molecule has 0 spiro atoms. The van der Waals surface area contributed by atoms with Crippen LogP contribution in [0.4, 0.5) is 11.4 Å². The highest BCUT2D eigenvalue weighted by Gasteiger charge is 2.10. The molecule has 0 saturated heterocycles. The van der Waals surface area contributed by atoms with Crippen molar-refractivity contribution in [1.82, 2.24) is 4.98 Å². The van der Waals surface area contributed by atoms with Crippen molar-refractivity contribution in [2.75, 3.05) is 10.6 Å². The second-order valence-electron chi connectivity index (χ2n) is 5.49. The Morgan fingerprint density at radius 2 is 1.83 bits per heavy atom. The van der Waals surface area contributed by atoms with Gasteiger partial charge in [0.2, 0.25) is 11.8 Å². The third kappa shape index (κ3) is 3.75. The van der Waals surface area contributed by atoms with Gasteiger partial charge in [0, 0.05) is 40.4 Å². The molecule has 3 aromatic rings. The number of rotatable bonds is 4. The molecule has 5 nitrogen and oxygen atoms in total. The molecule has 0 bridgehead atoms. The highest BCUT2D eigenvalue weighted by Crippen LogP contribution is 2.23. The number of nitrogens with one attached hydrogen (secondary N) is 3. The van der Waals surface area contributed by atoms with Crippen LogP contribution in [-0.2, 0) is 16.0 Å². The Hall–Kier alpha value is -2.79. The van der Waals surface area contributed by atoms with Crippen molar-refractivity contribution in [3.05, 3.63) is 59.2 Å². The van der Waals surface area contributed by atoms with E-state index in [1.807, 2.05) is 18.3 Å². The van der Waals surface area contributed by atoms with Gasteiger partial charge in [-0.05, 0) is 42.0 Å². The van der Waals surface area contributed by atoms with E-state index in [1.165, 1.54) is 6.92 Å². The third-order valence-electron chi connectivity index (χ3n) is 3.55. The van der Waals surface area contributed by atoms with E-state index >= 15 is 0 Å². The summed E-state index contributed by atoms with van der Waals surface area (Å²) in [7, 11) is 0. The van der Waals surface area contributed by atoms with Gasteiger partial charge in [0.25, 0.3) is 0 Å². The topological polar surface area (TPSA) is 74.0 Å². The maximum absolute atomic E-state index is 12.3. The van der Waals surface area contributed by atoms with Gasteiger partial charge in [-0.15, -0.1) is 0 Å². The Kier molecular flexibility index (Phi) is 4.53. The summed E-state index contributed by atoms with van der Waals surface area (Å²) in [6.45, 7) is 1.44. The fourth-order valence-corrected chi connectivity index (χ4v) is 2.73. The van der Waals surface area contributed by atoms with Gasteiger partial charge in [-0.3, -0.25) is 9.59 Å². The predicted octanol–water partition coefficient (Wildman–Crippen LogP) is 3.96. The molecule has 0 fully saturated rings. The van der Waals surface area contributed by atoms with Crippen LogP contribution in [0.5, 0.6) is 0 Å². The van der Waals surface area contributed by atoms with E-state index in [0.717, 1.165) is 16.5 Å². The maximum Gasteiger partial charge on any atom is 0.228 e. The largest absolute Gasteiger partial charge is 0.361 e. The number of carbonyl (C=O) groups excluding carboxylic acids is 2. The SMILES string of the molecule is CC(=O)Nc1cccc(NC(=O)Cc2c[nH]c3ccc(Cl)cc23)c1. The zero-order valence-corrected chi connectivity index (χ0v) is 13.8. The number of H-pyrrole nitrogens is 1. The quantitative estimate of drug-likeness (QED) is 0.672. The molecule has 0 saturated carbocycles. The Bertz CT molecular complexity index is 918. The highest BCUT2D eigenvalue weighted by atomic mass is 35.5. The summed E-state index contributed by atoms with van der Waals surface area (Å²) in [5.41, 5.74) is 3.08. The van der Waals surface area contributed by atoms with Gasteiger partial charge in [-0.2, -0.15) is 0 Å². The van der Waals surface area contributed by atoms with Crippen LogP contribution in [0, 0.1) is 0 Å². The third-order valence-corrected chi connectivity index (χ3v) is 3.78. The number of aromatic nitrogens is 1. The van der Waals surface area contributed by atoms with Crippen molar-refractivity contribution >= 4 is 45.7 Å². The molecule has 0 unspecified atom stereocenters. The van der Waals surface area contributed by atoms with Crippen LogP contribution in [0.2, 0.25) is 5.02 Å². The molecule has 24 heavy (non-hydrogen) atoms. The number of halogens is 1. The first-order valence-electron chi connectivity index (χ1n) is 7.44. The molecule has 0 radical (unpaired) electrons. The van der Waals surface area contributed by atoms with Gasteiger partial charge in [0.1, 0.15) is 0 Å². The van der Waals surface area contributed by atoms with Crippen LogP contribution in [0.15, 0.2) is 48.7 Å². The predicted molar refractivity (Wildman–Crippen MR) is 96.4 cm³/mol. The van der Waals surface area contributed by atoms with Gasteiger partial charge in [0.05, 0.1) is 6.42 Å². The molecule has 2 amide bonds. The van der Waals surface area contributed by atoms with Gasteiger partial charge >= 0.3 is 0 Å². The van der Waals surface area contributed by atoms with E-state index in [2.05, 4.69) is 15.6 Å². The smallest absolute Gasteiger partial charge is 0.228 e. The molecule has 0 atom stereocenters. The Morgan fingerprint density at radius 1 is 1.08 bits per heavy atom. The van der Waals surface area contributed by atoms with E-state index in [4.69, 9.17) is 11.6 Å². The average molecular weight is 342 g/mol. The molecule has 3 N–H and O–H groups in total. The number of aromatic amines is 1. The molecule has 122 valence electrons. The van der Waals surface area contributed by atoms with Gasteiger partial charge in [-0.1, -0.05) is 17.7 Å². The molecule has 1 heterocycles. The first-order chi connectivity index (χ1) is 11.5. The van der Waals surface area contributed by atoms with E-state index < -0.39 is 0 Å². The molecule has 0 aliphatic carbocycles. The summed E-state index contributed by atoms with van der Waals surface area (Å²) in [5, 5.41) is 7.09. The number of carbonyl (C=O) groups is 2. The van der Waals surface area contributed by atoms with E-state index in [-0.39, 0.29) is 18.2 Å². The summed E-state index contributed by atoms with van der Waals surface area (Å²) < 4.78 is 0. The number of anilines is 2. The van der Waals surface area contributed by atoms with E-state index in [9.17, 15) is 9.59 Å². The molecule has 1 aromatic heterocycles. The Labute approximate surface area is 144 Å². The lowest BCUT2D eigenvalue weighted by Crippen LogP contribution is -2.14. The molecule has 3 rings (SSSR count). The summed E-state index contributed by atoms with van der Waals surface area (Å²) in [5.74, 6) is -0.301. The van der Waals surface area contributed by atoms with Gasteiger partial charge in [-0.25, -0.2) is 0 Å². The number of hydrogen-bond donors (Lipinski definition) is 3. The summed E-state index contributed by atoms with van der Waals surface area (Å²) in [4.78, 5) is 26.5. The van der Waals surface area contributed by atoms with E-state index in [0.29, 0.717) is 16.4 Å². The van der Waals surface area contributed by atoms with Crippen molar-refractivity contribution in [2.45, 2.75) is 13.3 Å². The fourth-order valence-electron chi connectivity index (χ4n) is 2.55. The Balaban J connectivity index is 1.73. The lowest BCUT2D eigenvalue weighted by Gasteiger charge is -2.07. The molecular formula is C18H16ClN3O2. The zero-order chi connectivity index (χ0) is 17.1. The summed E-state index contributed by atoms with van der Waals surface area (Å²) >= 11 is 6.02. The molecule has 6 heteroatoms. The molecule has 0 aliphatic rings. The highest BCUT2D eigenvalue weighted by molar-refractivity contribution is 6.31. The van der Waals surface area contributed by atoms with Crippen molar-refractivity contribution in [3.63, 3.8) is 0 Å². The molecular weight excluding hydrogens is 326 g/mol. The van der Waals surface area contributed by atoms with Crippen LogP contribution >= 0.6 is 11.6 Å². The van der Waals surface area contributed by atoms with Crippen molar-refractivity contribution in [3.8, 4) is 0 Å². The molecule has 0 aliphatic heterocycles. The van der Waals surface area contributed by atoms with E-state index in [1.54, 1.807) is 30.3 Å². The first-order valence-corrected chi connectivity index (χ1v) is 7.82. The Morgan fingerprint density at radius 3 is 2.58 bits per heavy atom. The van der Waals surface area contributed by atoms with Crippen LogP contribution in [0.3, 0.4) is 0 Å². The number of amides is 2. The minimum atomic E-state index is -0.158. The second kappa shape index (κ2) is 6.76. The van der Waals surface area contributed by atoms with Gasteiger partial charge < -0.3 is 15.6 Å². The van der Waals surface area contributed by atoms with Crippen molar-refractivity contribution in [1.29, 1.82) is 0 Å². The second-order valence-corrected chi connectivity index (χ2v) is 5.93. The average Bonchev–Trinajstić information content (AvgIpc) is 2.89. The lowest BCUT2D eigenvalue weighted by molar-refractivity contribution is -0.115. The van der Waals surface area contributed by atoms with Crippen LogP contribution in [0.25, 0.3) is 10.9 Å². The first kappa shape index (κ1) is 16.1. The van der Waals surface area contributed by atoms with Gasteiger partial charge in [0.15, 0.2) is 0 Å². The normalized spacial score (nSPS) is 10.6. The number of hydrogen-bond acceptors (Lipinski definition) is 2. The summed E-state index contributed by atoms with van der Waals surface area (Å²) in [6, 6.07) is 12.5. The maximum atomic E-state index is 12.3. The lowest BCUT2D eigenvalue weighted by atomic mass is 10.1. The van der Waals surface area contributed by atoms with Crippen LogP contribution in [0.1, 0.15) is 12.5 Å². The van der Waals surface area contributed by atoms with Crippen molar-refractivity contribution in [2.24, 2.45) is 0 Å².